The van der Waals surface area contributed by atoms with Crippen molar-refractivity contribution in [1.82, 2.24) is 0 Å². The molecule has 2 nitrogen and oxygen atoms in total. The Morgan fingerprint density at radius 1 is 1.40 bits per heavy atom. The molecule has 0 saturated heterocycles. The second kappa shape index (κ2) is 6.11. The molecule has 4 heteroatoms. The number of hydrogen-bond acceptors (Lipinski definition) is 2. The van der Waals surface area contributed by atoms with Crippen LogP contribution in [0, 0.1) is 0 Å². The number of Topliss-reactive ketones (excluding diaryl/α,β-unsaturated/α-hetero) is 1. The zero-order valence-corrected chi connectivity index (χ0v) is 9.94. The number of halogens is 2. The van der Waals surface area contributed by atoms with Gasteiger partial charge >= 0.3 is 0 Å². The summed E-state index contributed by atoms with van der Waals surface area (Å²) in [4.78, 5) is 11.7. The van der Waals surface area contributed by atoms with Gasteiger partial charge in [0.25, 0.3) is 0 Å². The van der Waals surface area contributed by atoms with Crippen molar-refractivity contribution >= 4 is 29.0 Å². The summed E-state index contributed by atoms with van der Waals surface area (Å²) in [5.41, 5.74) is 0.462. The summed E-state index contributed by atoms with van der Waals surface area (Å²) in [6, 6.07) is 4.86. The van der Waals surface area contributed by atoms with Crippen LogP contribution in [-0.4, -0.2) is 19.0 Å². The second-order valence-corrected chi connectivity index (χ2v) is 3.84. The third-order valence-electron chi connectivity index (χ3n) is 1.91. The predicted octanol–water partition coefficient (Wildman–Crippen LogP) is 3.60. The quantitative estimate of drug-likeness (QED) is 0.587. The highest BCUT2D eigenvalue weighted by Crippen LogP contribution is 2.21. The van der Waals surface area contributed by atoms with Gasteiger partial charge in [-0.05, 0) is 25.1 Å². The number of hydrogen-bond donors (Lipinski definition) is 0. The SMILES string of the molecule is CCOCCC(=O)c1cc(Cl)ccc1Cl. The van der Waals surface area contributed by atoms with Crippen LogP contribution in [0.3, 0.4) is 0 Å². The summed E-state index contributed by atoms with van der Waals surface area (Å²) < 4.78 is 5.10. The smallest absolute Gasteiger partial charge is 0.166 e. The van der Waals surface area contributed by atoms with Crippen molar-refractivity contribution in [3.8, 4) is 0 Å². The fourth-order valence-electron chi connectivity index (χ4n) is 1.16. The van der Waals surface area contributed by atoms with Gasteiger partial charge in [0, 0.05) is 23.6 Å². The lowest BCUT2D eigenvalue weighted by Crippen LogP contribution is -2.05. The van der Waals surface area contributed by atoms with E-state index in [4.69, 9.17) is 27.9 Å². The predicted molar refractivity (Wildman–Crippen MR) is 61.9 cm³/mol. The van der Waals surface area contributed by atoms with Gasteiger partial charge in [-0.3, -0.25) is 4.79 Å². The first-order valence-electron chi connectivity index (χ1n) is 4.71. The maximum atomic E-state index is 11.7. The summed E-state index contributed by atoms with van der Waals surface area (Å²) in [7, 11) is 0. The van der Waals surface area contributed by atoms with Crippen molar-refractivity contribution < 1.29 is 9.53 Å². The van der Waals surface area contributed by atoms with Crippen molar-refractivity contribution in [3.63, 3.8) is 0 Å². The first kappa shape index (κ1) is 12.5. The van der Waals surface area contributed by atoms with Gasteiger partial charge in [0.15, 0.2) is 5.78 Å². The molecule has 0 amide bonds. The van der Waals surface area contributed by atoms with Crippen LogP contribution in [0.5, 0.6) is 0 Å². The van der Waals surface area contributed by atoms with Crippen LogP contribution in [0.1, 0.15) is 23.7 Å². The Labute approximate surface area is 99.1 Å². The molecule has 0 N–H and O–H groups in total. The number of ether oxygens (including phenoxy) is 1. The minimum Gasteiger partial charge on any atom is -0.381 e. The van der Waals surface area contributed by atoms with Gasteiger partial charge in [0.2, 0.25) is 0 Å². The highest BCUT2D eigenvalue weighted by atomic mass is 35.5. The molecule has 1 aromatic carbocycles. The minimum atomic E-state index is -0.0454. The van der Waals surface area contributed by atoms with Gasteiger partial charge in [-0.25, -0.2) is 0 Å². The highest BCUT2D eigenvalue weighted by molar-refractivity contribution is 6.35. The molecule has 15 heavy (non-hydrogen) atoms. The maximum absolute atomic E-state index is 11.7. The molecule has 0 heterocycles. The highest BCUT2D eigenvalue weighted by Gasteiger charge is 2.10. The zero-order valence-electron chi connectivity index (χ0n) is 8.43. The van der Waals surface area contributed by atoms with Crippen LogP contribution in [0.4, 0.5) is 0 Å². The first-order chi connectivity index (χ1) is 7.15. The topological polar surface area (TPSA) is 26.3 Å². The molecule has 0 aliphatic rings. The van der Waals surface area contributed by atoms with Gasteiger partial charge in [-0.15, -0.1) is 0 Å². The van der Waals surface area contributed by atoms with E-state index in [9.17, 15) is 4.79 Å². The molecule has 0 aromatic heterocycles. The Morgan fingerprint density at radius 2 is 2.13 bits per heavy atom. The van der Waals surface area contributed by atoms with Gasteiger partial charge in [-0.1, -0.05) is 23.2 Å². The zero-order chi connectivity index (χ0) is 11.3. The molecule has 0 spiro atoms. The average Bonchev–Trinajstić information content (AvgIpc) is 2.22. The van der Waals surface area contributed by atoms with Gasteiger partial charge < -0.3 is 4.74 Å². The van der Waals surface area contributed by atoms with E-state index in [1.807, 2.05) is 6.92 Å². The number of benzene rings is 1. The molecule has 1 aromatic rings. The molecule has 0 bridgehead atoms. The molecule has 0 saturated carbocycles. The monoisotopic (exact) mass is 246 g/mol. The van der Waals surface area contributed by atoms with Gasteiger partial charge in [0.1, 0.15) is 0 Å². The average molecular weight is 247 g/mol. The summed E-state index contributed by atoms with van der Waals surface area (Å²) in [6.45, 7) is 2.91. The number of rotatable bonds is 5. The van der Waals surface area contributed by atoms with Crippen molar-refractivity contribution in [2.24, 2.45) is 0 Å². The molecule has 0 atom stereocenters. The molecule has 0 radical (unpaired) electrons. The lowest BCUT2D eigenvalue weighted by molar-refractivity contribution is 0.0896. The summed E-state index contributed by atoms with van der Waals surface area (Å²) in [6.07, 6.45) is 0.327. The minimum absolute atomic E-state index is 0.0454. The largest absolute Gasteiger partial charge is 0.381 e. The molecular weight excluding hydrogens is 235 g/mol. The third-order valence-corrected chi connectivity index (χ3v) is 2.47. The van der Waals surface area contributed by atoms with Gasteiger partial charge in [0.05, 0.1) is 11.6 Å². The Morgan fingerprint density at radius 3 is 2.80 bits per heavy atom. The van der Waals surface area contributed by atoms with Crippen LogP contribution < -0.4 is 0 Å². The van der Waals surface area contributed by atoms with E-state index in [0.29, 0.717) is 35.2 Å². The van der Waals surface area contributed by atoms with Gasteiger partial charge in [-0.2, -0.15) is 0 Å². The molecule has 0 aliphatic heterocycles. The first-order valence-corrected chi connectivity index (χ1v) is 5.46. The lowest BCUT2D eigenvalue weighted by atomic mass is 10.1. The standard InChI is InChI=1S/C11H12Cl2O2/c1-2-15-6-5-11(14)9-7-8(12)3-4-10(9)13/h3-4,7H,2,5-6H2,1H3. The molecular formula is C11H12Cl2O2. The van der Waals surface area contributed by atoms with E-state index < -0.39 is 0 Å². The van der Waals surface area contributed by atoms with E-state index in [0.717, 1.165) is 0 Å². The Hall–Kier alpha value is -0.570. The number of ketones is 1. The summed E-state index contributed by atoms with van der Waals surface area (Å²) in [5, 5.41) is 0.944. The van der Waals surface area contributed by atoms with Crippen molar-refractivity contribution in [1.29, 1.82) is 0 Å². The summed E-state index contributed by atoms with van der Waals surface area (Å²) >= 11 is 11.7. The fraction of sp³-hybridized carbons (Fsp3) is 0.364. The van der Waals surface area contributed by atoms with Crippen molar-refractivity contribution in [3.05, 3.63) is 33.8 Å². The van der Waals surface area contributed by atoms with Crippen LogP contribution >= 0.6 is 23.2 Å². The molecule has 82 valence electrons. The molecule has 0 aliphatic carbocycles. The fourth-order valence-corrected chi connectivity index (χ4v) is 1.55. The maximum Gasteiger partial charge on any atom is 0.166 e. The van der Waals surface area contributed by atoms with E-state index in [-0.39, 0.29) is 5.78 Å². The van der Waals surface area contributed by atoms with E-state index in [2.05, 4.69) is 0 Å². The van der Waals surface area contributed by atoms with E-state index in [1.54, 1.807) is 18.2 Å². The molecule has 0 unspecified atom stereocenters. The van der Waals surface area contributed by atoms with Crippen LogP contribution in [0.2, 0.25) is 10.0 Å². The second-order valence-electron chi connectivity index (χ2n) is 2.99. The third kappa shape index (κ3) is 3.82. The van der Waals surface area contributed by atoms with E-state index in [1.165, 1.54) is 0 Å². The molecule has 0 fully saturated rings. The number of carbonyl (C=O) groups is 1. The Kier molecular flexibility index (Phi) is 5.09. The summed E-state index contributed by atoms with van der Waals surface area (Å²) in [5.74, 6) is -0.0454. The van der Waals surface area contributed by atoms with Crippen molar-refractivity contribution in [2.45, 2.75) is 13.3 Å². The van der Waals surface area contributed by atoms with Crippen LogP contribution in [-0.2, 0) is 4.74 Å². The van der Waals surface area contributed by atoms with Crippen molar-refractivity contribution in [2.75, 3.05) is 13.2 Å². The van der Waals surface area contributed by atoms with E-state index >= 15 is 0 Å². The number of carbonyl (C=O) groups excluding carboxylic acids is 1. The Bertz CT molecular complexity index is 350. The van der Waals surface area contributed by atoms with Crippen LogP contribution in [0.15, 0.2) is 18.2 Å². The van der Waals surface area contributed by atoms with Crippen LogP contribution in [0.25, 0.3) is 0 Å². The molecule has 1 rings (SSSR count). The normalized spacial score (nSPS) is 10.3. The lowest BCUT2D eigenvalue weighted by Gasteiger charge is -2.04. The Balaban J connectivity index is 2.68.